The highest BCUT2D eigenvalue weighted by molar-refractivity contribution is 6.04. The predicted molar refractivity (Wildman–Crippen MR) is 144 cm³/mol. The first kappa shape index (κ1) is 32.4. The number of fused-ring (bicyclic) bond motifs is 1. The Morgan fingerprint density at radius 3 is 2.12 bits per heavy atom. The monoisotopic (exact) mass is 596 g/mol. The van der Waals surface area contributed by atoms with Crippen LogP contribution in [0.15, 0.2) is 36.4 Å². The number of anilines is 2. The molecule has 1 aliphatic heterocycles. The molecule has 9 nitrogen and oxygen atoms in total. The number of carbonyl (C=O) groups excluding carboxylic acids is 4. The first-order valence-corrected chi connectivity index (χ1v) is 12.9. The number of hydrogen-bond donors (Lipinski definition) is 0. The van der Waals surface area contributed by atoms with Crippen molar-refractivity contribution in [2.24, 2.45) is 0 Å². The average Bonchev–Trinajstić information content (AvgIpc) is 3.23. The molecule has 1 atom stereocenters. The molecular formula is C29H32F4N2O7. The molecule has 228 valence electrons. The second kappa shape index (κ2) is 12.0. The average molecular weight is 597 g/mol. The first-order valence-electron chi connectivity index (χ1n) is 12.9. The Morgan fingerprint density at radius 2 is 1.60 bits per heavy atom. The highest BCUT2D eigenvalue weighted by atomic mass is 19.4. The molecular weight excluding hydrogens is 564 g/mol. The number of esters is 1. The van der Waals surface area contributed by atoms with Crippen LogP contribution in [0.25, 0.3) is 0 Å². The number of carbonyl (C=O) groups is 4. The molecule has 0 saturated heterocycles. The number of alkyl halides is 3. The lowest BCUT2D eigenvalue weighted by molar-refractivity contribution is -0.171. The van der Waals surface area contributed by atoms with E-state index >= 15 is 4.39 Å². The minimum Gasteiger partial charge on any atom is -0.487 e. The highest BCUT2D eigenvalue weighted by Crippen LogP contribution is 2.45. The second-order valence-electron chi connectivity index (χ2n) is 11.5. The van der Waals surface area contributed by atoms with Gasteiger partial charge >= 0.3 is 24.1 Å². The van der Waals surface area contributed by atoms with E-state index in [0.717, 1.165) is 11.0 Å². The van der Waals surface area contributed by atoms with Gasteiger partial charge in [0.1, 0.15) is 42.1 Å². The van der Waals surface area contributed by atoms with Crippen molar-refractivity contribution in [3.05, 3.63) is 53.3 Å². The second-order valence-corrected chi connectivity index (χ2v) is 11.5. The van der Waals surface area contributed by atoms with Gasteiger partial charge in [-0.15, -0.1) is 0 Å². The maximum Gasteiger partial charge on any atom is 0.471 e. The zero-order chi connectivity index (χ0) is 31.6. The van der Waals surface area contributed by atoms with E-state index in [1.807, 2.05) is 0 Å². The molecule has 0 unspecified atom stereocenters. The molecule has 42 heavy (non-hydrogen) atoms. The van der Waals surface area contributed by atoms with Crippen LogP contribution in [0.3, 0.4) is 0 Å². The van der Waals surface area contributed by atoms with Gasteiger partial charge in [-0.1, -0.05) is 30.3 Å². The van der Waals surface area contributed by atoms with Crippen molar-refractivity contribution in [3.8, 4) is 5.75 Å². The van der Waals surface area contributed by atoms with Crippen LogP contribution in [-0.4, -0.2) is 54.2 Å². The SMILES string of the molecule is CC(C)(C)OC(=O)CN(C(=O)C(F)(F)F)c1c(OCc2ccccc2)cc2c(c1F)C[C@H](C=O)N2C(=O)OC(C)(C)C. The fourth-order valence-electron chi connectivity index (χ4n) is 4.19. The smallest absolute Gasteiger partial charge is 0.471 e. The molecule has 0 saturated carbocycles. The summed E-state index contributed by atoms with van der Waals surface area (Å²) < 4.78 is 73.9. The number of nitrogens with zero attached hydrogens (tertiary/aromatic N) is 2. The summed E-state index contributed by atoms with van der Waals surface area (Å²) in [5.41, 5.74) is -3.11. The minimum absolute atomic E-state index is 0.101. The molecule has 1 aliphatic rings. The van der Waals surface area contributed by atoms with Crippen molar-refractivity contribution in [3.63, 3.8) is 0 Å². The summed E-state index contributed by atoms with van der Waals surface area (Å²) >= 11 is 0. The van der Waals surface area contributed by atoms with E-state index in [9.17, 15) is 32.3 Å². The normalized spacial score (nSPS) is 15.1. The summed E-state index contributed by atoms with van der Waals surface area (Å²) in [6.07, 6.45) is -6.59. The van der Waals surface area contributed by atoms with Gasteiger partial charge < -0.3 is 19.0 Å². The van der Waals surface area contributed by atoms with Crippen molar-refractivity contribution >= 4 is 35.6 Å². The topological polar surface area (TPSA) is 102 Å². The molecule has 2 amide bonds. The Kier molecular flexibility index (Phi) is 9.23. The van der Waals surface area contributed by atoms with E-state index < -0.39 is 71.6 Å². The van der Waals surface area contributed by atoms with Crippen LogP contribution < -0.4 is 14.5 Å². The number of benzene rings is 2. The summed E-state index contributed by atoms with van der Waals surface area (Å²) in [4.78, 5) is 51.0. The highest BCUT2D eigenvalue weighted by Gasteiger charge is 2.47. The number of ether oxygens (including phenoxy) is 3. The van der Waals surface area contributed by atoms with E-state index in [1.54, 1.807) is 51.1 Å². The molecule has 2 aromatic carbocycles. The van der Waals surface area contributed by atoms with Gasteiger partial charge in [-0.3, -0.25) is 19.4 Å². The maximum atomic E-state index is 16.3. The molecule has 0 spiro atoms. The molecule has 0 N–H and O–H groups in total. The fourth-order valence-corrected chi connectivity index (χ4v) is 4.19. The Bertz CT molecular complexity index is 1350. The van der Waals surface area contributed by atoms with Gasteiger partial charge in [0.25, 0.3) is 0 Å². The van der Waals surface area contributed by atoms with Crippen LogP contribution in [0.2, 0.25) is 0 Å². The largest absolute Gasteiger partial charge is 0.487 e. The van der Waals surface area contributed by atoms with E-state index in [0.29, 0.717) is 11.8 Å². The molecule has 0 aliphatic carbocycles. The van der Waals surface area contributed by atoms with E-state index in [-0.39, 0.29) is 22.8 Å². The number of rotatable bonds is 7. The van der Waals surface area contributed by atoms with Crippen molar-refractivity contribution in [2.75, 3.05) is 16.3 Å². The Labute approximate surface area is 240 Å². The lowest BCUT2D eigenvalue weighted by Gasteiger charge is -2.29. The third-order valence-electron chi connectivity index (χ3n) is 5.74. The molecule has 0 aromatic heterocycles. The van der Waals surface area contributed by atoms with Crippen LogP contribution in [0.5, 0.6) is 5.75 Å². The number of aldehydes is 1. The third kappa shape index (κ3) is 7.77. The molecule has 0 radical (unpaired) electrons. The predicted octanol–water partition coefficient (Wildman–Crippen LogP) is 5.51. The molecule has 0 bridgehead atoms. The van der Waals surface area contributed by atoms with Crippen molar-refractivity contribution in [2.45, 2.75) is 78.0 Å². The summed E-state index contributed by atoms with van der Waals surface area (Å²) in [6.45, 7) is 7.55. The number of amides is 2. The van der Waals surface area contributed by atoms with E-state index in [2.05, 4.69) is 0 Å². The van der Waals surface area contributed by atoms with Gasteiger partial charge in [0.15, 0.2) is 5.82 Å². The van der Waals surface area contributed by atoms with Gasteiger partial charge in [0.05, 0.1) is 11.7 Å². The summed E-state index contributed by atoms with van der Waals surface area (Å²) in [5, 5.41) is 0. The van der Waals surface area contributed by atoms with E-state index in [1.165, 1.54) is 20.8 Å². The van der Waals surface area contributed by atoms with Gasteiger partial charge in [0.2, 0.25) is 0 Å². The van der Waals surface area contributed by atoms with Gasteiger partial charge in [-0.25, -0.2) is 9.18 Å². The van der Waals surface area contributed by atoms with E-state index in [4.69, 9.17) is 14.2 Å². The minimum atomic E-state index is -5.52. The summed E-state index contributed by atoms with van der Waals surface area (Å²) in [7, 11) is 0. The molecule has 3 rings (SSSR count). The molecule has 0 fully saturated rings. The molecule has 2 aromatic rings. The van der Waals surface area contributed by atoms with Crippen molar-refractivity contribution in [1.29, 1.82) is 0 Å². The van der Waals surface area contributed by atoms with Crippen molar-refractivity contribution < 1.29 is 51.0 Å². The molecule has 13 heteroatoms. The quantitative estimate of drug-likeness (QED) is 0.236. The summed E-state index contributed by atoms with van der Waals surface area (Å²) in [5.74, 6) is -5.76. The Morgan fingerprint density at radius 1 is 1.00 bits per heavy atom. The maximum absolute atomic E-state index is 16.3. The lowest BCUT2D eigenvalue weighted by atomic mass is 10.1. The standard InChI is InChI=1S/C29H32F4N2O7/c1-27(2,3)41-22(37)14-34(25(38)29(31,32)33)24-21(40-16-17-10-8-7-9-11-17)13-20-19(23(24)30)12-18(15-36)35(20)26(39)42-28(4,5)6/h7-11,13,15,18H,12,14,16H2,1-6H3/t18-/m1/s1. The van der Waals surface area contributed by atoms with Gasteiger partial charge in [-0.05, 0) is 47.1 Å². The number of hydrogen-bond acceptors (Lipinski definition) is 7. The first-order chi connectivity index (χ1) is 19.3. The van der Waals surface area contributed by atoms with Gasteiger partial charge in [-0.2, -0.15) is 13.2 Å². The van der Waals surface area contributed by atoms with Crippen LogP contribution in [-0.2, 0) is 36.9 Å². The van der Waals surface area contributed by atoms with Gasteiger partial charge in [0, 0.05) is 18.1 Å². The lowest BCUT2D eigenvalue weighted by Crippen LogP contribution is -2.46. The van der Waals surface area contributed by atoms with Crippen LogP contribution in [0.4, 0.5) is 33.7 Å². The zero-order valence-corrected chi connectivity index (χ0v) is 24.0. The van der Waals surface area contributed by atoms with Crippen LogP contribution in [0, 0.1) is 5.82 Å². The van der Waals surface area contributed by atoms with Crippen LogP contribution in [0.1, 0.15) is 52.7 Å². The Hall–Kier alpha value is -4.16. The Balaban J connectivity index is 2.23. The fraction of sp³-hybridized carbons (Fsp3) is 0.448. The number of halogens is 4. The molecule has 1 heterocycles. The third-order valence-corrected chi connectivity index (χ3v) is 5.74. The summed E-state index contributed by atoms with van der Waals surface area (Å²) in [6, 6.07) is 8.12. The van der Waals surface area contributed by atoms with Crippen molar-refractivity contribution in [1.82, 2.24) is 0 Å². The van der Waals surface area contributed by atoms with Crippen LogP contribution >= 0.6 is 0 Å². The zero-order valence-electron chi connectivity index (χ0n) is 24.0.